The molecule has 0 aromatic heterocycles. The van der Waals surface area contributed by atoms with Crippen molar-refractivity contribution in [1.82, 2.24) is 0 Å². The molecule has 190 valence electrons. The number of benzene rings is 4. The van der Waals surface area contributed by atoms with Crippen molar-refractivity contribution in [1.29, 1.82) is 0 Å². The third-order valence-electron chi connectivity index (χ3n) is 7.51. The van der Waals surface area contributed by atoms with Gasteiger partial charge >= 0.3 is 0 Å². The molecule has 4 aromatic carbocycles. The maximum atomic E-state index is 6.22. The first kappa shape index (κ1) is 25.6. The molecule has 0 saturated heterocycles. The molecule has 0 radical (unpaired) electrons. The van der Waals surface area contributed by atoms with Gasteiger partial charge in [0.05, 0.1) is 6.61 Å². The van der Waals surface area contributed by atoms with Gasteiger partial charge in [0.25, 0.3) is 0 Å². The van der Waals surface area contributed by atoms with Gasteiger partial charge in [-0.15, -0.1) is 0 Å². The second kappa shape index (κ2) is 12.5. The van der Waals surface area contributed by atoms with Gasteiger partial charge in [-0.05, 0) is 83.2 Å². The average Bonchev–Trinajstić information content (AvgIpc) is 3.09. The lowest BCUT2D eigenvalue weighted by atomic mass is 9.72. The molecule has 1 unspecified atom stereocenters. The highest BCUT2D eigenvalue weighted by molar-refractivity contribution is 9.09. The Bertz CT molecular complexity index is 1250. The fraction of sp³-hybridized carbons (Fsp3) is 0.294. The predicted molar refractivity (Wildman–Crippen MR) is 156 cm³/mol. The molecule has 0 amide bonds. The van der Waals surface area contributed by atoms with Gasteiger partial charge in [0.1, 0.15) is 18.1 Å². The van der Waals surface area contributed by atoms with E-state index in [1.54, 1.807) is 0 Å². The molecule has 0 aliphatic heterocycles. The van der Waals surface area contributed by atoms with Gasteiger partial charge in [-0.2, -0.15) is 0 Å². The largest absolute Gasteiger partial charge is 0.494 e. The summed E-state index contributed by atoms with van der Waals surface area (Å²) in [6, 6.07) is 37.0. The summed E-state index contributed by atoms with van der Waals surface area (Å²) in [4.78, 5) is 0. The Kier molecular flexibility index (Phi) is 8.63. The Morgan fingerprint density at radius 1 is 0.757 bits per heavy atom. The zero-order valence-electron chi connectivity index (χ0n) is 21.5. The van der Waals surface area contributed by atoms with Crippen molar-refractivity contribution >= 4 is 15.9 Å². The van der Waals surface area contributed by atoms with Crippen molar-refractivity contribution in [3.05, 3.63) is 131 Å². The number of rotatable bonds is 9. The van der Waals surface area contributed by atoms with Crippen LogP contribution >= 0.6 is 15.9 Å². The van der Waals surface area contributed by atoms with E-state index in [9.17, 15) is 0 Å². The molecule has 37 heavy (non-hydrogen) atoms. The van der Waals surface area contributed by atoms with Gasteiger partial charge < -0.3 is 9.47 Å². The molecule has 4 aromatic rings. The van der Waals surface area contributed by atoms with Crippen molar-refractivity contribution in [3.63, 3.8) is 0 Å². The zero-order valence-corrected chi connectivity index (χ0v) is 23.1. The lowest BCUT2D eigenvalue weighted by Crippen LogP contribution is -2.18. The van der Waals surface area contributed by atoms with Crippen molar-refractivity contribution < 1.29 is 9.47 Å². The molecule has 5 rings (SSSR count). The Morgan fingerprint density at radius 2 is 1.46 bits per heavy atom. The van der Waals surface area contributed by atoms with Crippen molar-refractivity contribution in [2.75, 3.05) is 11.9 Å². The minimum atomic E-state index is 0.273. The van der Waals surface area contributed by atoms with E-state index in [1.807, 2.05) is 6.07 Å². The van der Waals surface area contributed by atoms with Crippen molar-refractivity contribution in [2.45, 2.75) is 44.6 Å². The van der Waals surface area contributed by atoms with Crippen LogP contribution in [0, 0.1) is 5.92 Å². The maximum Gasteiger partial charge on any atom is 0.120 e. The van der Waals surface area contributed by atoms with Gasteiger partial charge in [-0.3, -0.25) is 0 Å². The molecule has 3 heteroatoms. The van der Waals surface area contributed by atoms with E-state index in [0.717, 1.165) is 42.7 Å². The van der Waals surface area contributed by atoms with E-state index in [-0.39, 0.29) is 5.92 Å². The molecule has 0 saturated carbocycles. The van der Waals surface area contributed by atoms with Crippen molar-refractivity contribution in [3.8, 4) is 11.5 Å². The molecule has 0 fully saturated rings. The molecular weight excluding hydrogens is 520 g/mol. The van der Waals surface area contributed by atoms with Gasteiger partial charge in [-0.25, -0.2) is 0 Å². The van der Waals surface area contributed by atoms with E-state index in [4.69, 9.17) is 9.47 Å². The summed E-state index contributed by atoms with van der Waals surface area (Å²) < 4.78 is 12.2. The fourth-order valence-corrected chi connectivity index (χ4v) is 5.85. The number of hydrogen-bond acceptors (Lipinski definition) is 2. The number of hydrogen-bond donors (Lipinski definition) is 0. The van der Waals surface area contributed by atoms with Gasteiger partial charge in [-0.1, -0.05) is 102 Å². The highest BCUT2D eigenvalue weighted by Crippen LogP contribution is 2.48. The Labute approximate surface area is 229 Å². The summed E-state index contributed by atoms with van der Waals surface area (Å²) in [5.41, 5.74) is 6.76. The Morgan fingerprint density at radius 3 is 2.19 bits per heavy atom. The van der Waals surface area contributed by atoms with E-state index in [0.29, 0.717) is 18.4 Å². The molecule has 0 bridgehead atoms. The molecule has 1 aliphatic carbocycles. The van der Waals surface area contributed by atoms with E-state index in [2.05, 4.69) is 120 Å². The first-order valence-electron chi connectivity index (χ1n) is 13.4. The number of fused-ring (bicyclic) bond motifs is 1. The van der Waals surface area contributed by atoms with Crippen LogP contribution in [0.4, 0.5) is 0 Å². The third-order valence-corrected chi connectivity index (χ3v) is 8.07. The van der Waals surface area contributed by atoms with Crippen LogP contribution in [0.1, 0.15) is 59.4 Å². The van der Waals surface area contributed by atoms with Gasteiger partial charge in [0, 0.05) is 11.2 Å². The van der Waals surface area contributed by atoms with Crippen LogP contribution in [0.5, 0.6) is 11.5 Å². The maximum absolute atomic E-state index is 6.22. The highest BCUT2D eigenvalue weighted by Gasteiger charge is 2.34. The first-order chi connectivity index (χ1) is 18.2. The topological polar surface area (TPSA) is 18.5 Å². The van der Waals surface area contributed by atoms with Crippen LogP contribution < -0.4 is 9.47 Å². The van der Waals surface area contributed by atoms with E-state index >= 15 is 0 Å². The van der Waals surface area contributed by atoms with Crippen LogP contribution in [-0.2, 0) is 13.0 Å². The SMILES string of the molecule is CC1CCc2cc(OCc3ccccc3)ccc2[C@@H](c2ccc(OCCCBr)cc2)[C@H]1c1ccccc1. The summed E-state index contributed by atoms with van der Waals surface area (Å²) in [5, 5.41) is 0.956. The van der Waals surface area contributed by atoms with Crippen LogP contribution in [0.2, 0.25) is 0 Å². The smallest absolute Gasteiger partial charge is 0.120 e. The lowest BCUT2D eigenvalue weighted by molar-refractivity contribution is 0.306. The third kappa shape index (κ3) is 6.27. The van der Waals surface area contributed by atoms with Crippen LogP contribution in [-0.4, -0.2) is 11.9 Å². The molecular formula is C34H35BrO2. The van der Waals surface area contributed by atoms with Gasteiger partial charge in [0.15, 0.2) is 0 Å². The Hall–Kier alpha value is -3.04. The molecule has 2 nitrogen and oxygen atoms in total. The first-order valence-corrected chi connectivity index (χ1v) is 14.5. The quantitative estimate of drug-likeness (QED) is 0.117. The minimum absolute atomic E-state index is 0.273. The number of ether oxygens (including phenoxy) is 2. The second-order valence-electron chi connectivity index (χ2n) is 10.0. The summed E-state index contributed by atoms with van der Waals surface area (Å²) in [6.07, 6.45) is 3.21. The van der Waals surface area contributed by atoms with Gasteiger partial charge in [0.2, 0.25) is 0 Å². The molecule has 0 heterocycles. The predicted octanol–water partition coefficient (Wildman–Crippen LogP) is 8.93. The van der Waals surface area contributed by atoms with E-state index in [1.165, 1.54) is 27.8 Å². The summed E-state index contributed by atoms with van der Waals surface area (Å²) >= 11 is 3.48. The fourth-order valence-electron chi connectivity index (χ4n) is 5.62. The normalized spacial score (nSPS) is 19.0. The summed E-state index contributed by atoms with van der Waals surface area (Å²) in [6.45, 7) is 3.73. The zero-order chi connectivity index (χ0) is 25.5. The van der Waals surface area contributed by atoms with Crippen LogP contribution in [0.25, 0.3) is 0 Å². The minimum Gasteiger partial charge on any atom is -0.494 e. The van der Waals surface area contributed by atoms with Crippen LogP contribution in [0.3, 0.4) is 0 Å². The number of halogens is 1. The second-order valence-corrected chi connectivity index (χ2v) is 10.8. The number of alkyl halides is 1. The molecule has 0 spiro atoms. The van der Waals surface area contributed by atoms with E-state index < -0.39 is 0 Å². The molecule has 3 atom stereocenters. The molecule has 1 aliphatic rings. The van der Waals surface area contributed by atoms with Crippen LogP contribution in [0.15, 0.2) is 103 Å². The van der Waals surface area contributed by atoms with Crippen molar-refractivity contribution in [2.24, 2.45) is 5.92 Å². The highest BCUT2D eigenvalue weighted by atomic mass is 79.9. The Balaban J connectivity index is 1.49. The summed E-state index contributed by atoms with van der Waals surface area (Å²) in [5.74, 6) is 3.10. The number of aryl methyl sites for hydroxylation is 1. The lowest BCUT2D eigenvalue weighted by Gasteiger charge is -2.32. The monoisotopic (exact) mass is 554 g/mol. The average molecular weight is 556 g/mol. The molecule has 0 N–H and O–H groups in total. The summed E-state index contributed by atoms with van der Waals surface area (Å²) in [7, 11) is 0. The standard InChI is InChI=1S/C34H35BrO2/c1-25-13-14-29-23-31(37-24-26-9-4-2-5-10-26)19-20-32(29)34(33(25)27-11-6-3-7-12-27)28-15-17-30(18-16-28)36-22-8-21-35/h2-7,9-12,15-20,23,25,33-34H,8,13-14,21-22,24H2,1H3/t25?,33-,34-/m1/s1.